The van der Waals surface area contributed by atoms with Gasteiger partial charge in [-0.2, -0.15) is 0 Å². The molecule has 0 radical (unpaired) electrons. The molecule has 1 aromatic carbocycles. The first-order chi connectivity index (χ1) is 13.0. The lowest BCUT2D eigenvalue weighted by molar-refractivity contribution is -0.124. The van der Waals surface area contributed by atoms with Crippen molar-refractivity contribution in [2.75, 3.05) is 18.4 Å². The molecule has 1 aliphatic heterocycles. The van der Waals surface area contributed by atoms with Crippen LogP contribution in [-0.4, -0.2) is 39.7 Å². The molecular formula is C20H27Cl2N5O2. The smallest absolute Gasteiger partial charge is 0.267 e. The molecule has 1 atom stereocenters. The molecule has 0 spiro atoms. The zero-order valence-electron chi connectivity index (χ0n) is 16.4. The number of benzene rings is 1. The van der Waals surface area contributed by atoms with Gasteiger partial charge in [0.05, 0.1) is 11.2 Å². The molecule has 2 heterocycles. The van der Waals surface area contributed by atoms with E-state index in [2.05, 4.69) is 51.8 Å². The van der Waals surface area contributed by atoms with E-state index in [-0.39, 0.29) is 30.4 Å². The van der Waals surface area contributed by atoms with Crippen LogP contribution in [0.25, 0.3) is 6.08 Å². The first kappa shape index (κ1) is 24.8. The van der Waals surface area contributed by atoms with Crippen molar-refractivity contribution in [3.63, 3.8) is 0 Å². The molecule has 2 aromatic rings. The van der Waals surface area contributed by atoms with E-state index in [0.29, 0.717) is 5.95 Å². The molecule has 1 fully saturated rings. The molecular weight excluding hydrogens is 413 g/mol. The van der Waals surface area contributed by atoms with Gasteiger partial charge in [0.1, 0.15) is 0 Å². The summed E-state index contributed by atoms with van der Waals surface area (Å²) < 4.78 is 0. The Morgan fingerprint density at radius 2 is 2.00 bits per heavy atom. The molecule has 9 heteroatoms. The van der Waals surface area contributed by atoms with E-state index in [1.807, 2.05) is 6.92 Å². The van der Waals surface area contributed by atoms with Crippen LogP contribution in [0.4, 0.5) is 5.95 Å². The van der Waals surface area contributed by atoms with Gasteiger partial charge in [-0.05, 0) is 44.9 Å². The van der Waals surface area contributed by atoms with Crippen molar-refractivity contribution in [2.24, 2.45) is 0 Å². The molecule has 0 saturated carbocycles. The van der Waals surface area contributed by atoms with Gasteiger partial charge in [-0.15, -0.1) is 24.8 Å². The fourth-order valence-corrected chi connectivity index (χ4v) is 3.28. The number of nitrogens with zero attached hydrogens (tertiary/aromatic N) is 2. The number of anilines is 1. The maximum Gasteiger partial charge on any atom is 0.267 e. The Balaban J connectivity index is 0.00000210. The van der Waals surface area contributed by atoms with Crippen molar-refractivity contribution in [1.29, 1.82) is 0 Å². The number of nitrogens with one attached hydrogen (secondary N) is 3. The predicted molar refractivity (Wildman–Crippen MR) is 119 cm³/mol. The van der Waals surface area contributed by atoms with Crippen molar-refractivity contribution in [2.45, 2.75) is 32.2 Å². The highest BCUT2D eigenvalue weighted by molar-refractivity contribution is 5.90. The van der Waals surface area contributed by atoms with Gasteiger partial charge in [0.2, 0.25) is 5.95 Å². The van der Waals surface area contributed by atoms with Gasteiger partial charge < -0.3 is 10.6 Å². The van der Waals surface area contributed by atoms with Crippen molar-refractivity contribution < 1.29 is 10.0 Å². The van der Waals surface area contributed by atoms with Crippen LogP contribution in [0.1, 0.15) is 28.8 Å². The number of aryl methyl sites for hydroxylation is 2. The Bertz CT molecular complexity index is 837. The topological polar surface area (TPSA) is 99.2 Å². The zero-order valence-corrected chi connectivity index (χ0v) is 18.1. The van der Waals surface area contributed by atoms with Crippen molar-refractivity contribution in [3.8, 4) is 0 Å². The van der Waals surface area contributed by atoms with Crippen LogP contribution in [0.3, 0.4) is 0 Å². The summed E-state index contributed by atoms with van der Waals surface area (Å²) in [5.74, 6) is -0.0160. The third-order valence-corrected chi connectivity index (χ3v) is 4.83. The number of carbonyl (C=O) groups is 1. The highest BCUT2D eigenvalue weighted by Gasteiger charge is 2.34. The molecule has 1 amide bonds. The van der Waals surface area contributed by atoms with Crippen LogP contribution in [0.2, 0.25) is 0 Å². The van der Waals surface area contributed by atoms with E-state index >= 15 is 0 Å². The van der Waals surface area contributed by atoms with Gasteiger partial charge in [0.15, 0.2) is 0 Å². The first-order valence-electron chi connectivity index (χ1n) is 9.00. The molecule has 3 rings (SSSR count). The minimum atomic E-state index is -0.592. The second-order valence-corrected chi connectivity index (χ2v) is 7.04. The number of rotatable bonds is 6. The van der Waals surface area contributed by atoms with E-state index in [4.69, 9.17) is 5.21 Å². The quantitative estimate of drug-likeness (QED) is 0.313. The fourth-order valence-electron chi connectivity index (χ4n) is 3.28. The number of aromatic nitrogens is 2. The van der Waals surface area contributed by atoms with Gasteiger partial charge in [-0.1, -0.05) is 29.8 Å². The molecule has 1 saturated heterocycles. The van der Waals surface area contributed by atoms with E-state index in [0.717, 1.165) is 37.2 Å². The van der Waals surface area contributed by atoms with E-state index < -0.39 is 5.91 Å². The van der Waals surface area contributed by atoms with Crippen LogP contribution >= 0.6 is 24.8 Å². The Labute approximate surface area is 183 Å². The molecule has 0 bridgehead atoms. The lowest BCUT2D eigenvalue weighted by Gasteiger charge is -2.30. The summed E-state index contributed by atoms with van der Waals surface area (Å²) in [7, 11) is 0. The molecule has 1 aliphatic rings. The number of hydroxylamine groups is 1. The van der Waals surface area contributed by atoms with Gasteiger partial charge >= 0.3 is 0 Å². The lowest BCUT2D eigenvalue weighted by atomic mass is 9.89. The SMILES string of the molecule is Cc1ccc(C[C@@]2(Nc3ncc(/C=C/C(=O)NO)c(C)n3)CCNC2)cc1.Cl.Cl. The standard InChI is InChI=1S/C20H25N5O2.2ClH/c1-14-3-5-16(6-4-14)11-20(9-10-21-13-20)24-19-22-12-17(15(2)23-19)7-8-18(26)25-27;;/h3-8,12,21,27H,9-11,13H2,1-2H3,(H,25,26)(H,22,23,24);2*1H/b8-7+;;/t20-;;/m0../s1. The van der Waals surface area contributed by atoms with Crippen LogP contribution in [0.15, 0.2) is 36.5 Å². The summed E-state index contributed by atoms with van der Waals surface area (Å²) >= 11 is 0. The maximum absolute atomic E-state index is 11.1. The highest BCUT2D eigenvalue weighted by atomic mass is 35.5. The Hall–Kier alpha value is -2.19. The van der Waals surface area contributed by atoms with E-state index in [1.165, 1.54) is 17.2 Å². The Morgan fingerprint density at radius 1 is 1.28 bits per heavy atom. The summed E-state index contributed by atoms with van der Waals surface area (Å²) in [6.45, 7) is 5.76. The Morgan fingerprint density at radius 3 is 2.59 bits per heavy atom. The van der Waals surface area contributed by atoms with Crippen LogP contribution in [0, 0.1) is 13.8 Å². The second-order valence-electron chi connectivity index (χ2n) is 7.04. The molecule has 1 aromatic heterocycles. The molecule has 0 unspecified atom stereocenters. The molecule has 4 N–H and O–H groups in total. The Kier molecular flexibility index (Phi) is 9.52. The van der Waals surface area contributed by atoms with Crippen molar-refractivity contribution in [3.05, 3.63) is 58.9 Å². The molecule has 29 heavy (non-hydrogen) atoms. The van der Waals surface area contributed by atoms with E-state index in [9.17, 15) is 4.79 Å². The minimum absolute atomic E-state index is 0. The summed E-state index contributed by atoms with van der Waals surface area (Å²) in [6.07, 6.45) is 6.36. The normalized spacial score (nSPS) is 18.0. The van der Waals surface area contributed by atoms with Crippen LogP contribution in [0.5, 0.6) is 0 Å². The summed E-state index contributed by atoms with van der Waals surface area (Å²) in [5, 5.41) is 15.5. The number of amides is 1. The zero-order chi connectivity index (χ0) is 19.3. The van der Waals surface area contributed by atoms with Gasteiger partial charge in [-0.25, -0.2) is 15.4 Å². The average Bonchev–Trinajstić information content (AvgIpc) is 3.10. The number of hydrogen-bond acceptors (Lipinski definition) is 6. The fraction of sp³-hybridized carbons (Fsp3) is 0.350. The highest BCUT2D eigenvalue weighted by Crippen LogP contribution is 2.25. The number of hydrogen-bond donors (Lipinski definition) is 4. The summed E-state index contributed by atoms with van der Waals surface area (Å²) in [6, 6.07) is 8.61. The molecule has 0 aliphatic carbocycles. The van der Waals surface area contributed by atoms with Gasteiger partial charge in [-0.3, -0.25) is 10.0 Å². The van der Waals surface area contributed by atoms with E-state index in [1.54, 1.807) is 17.8 Å². The van der Waals surface area contributed by atoms with Crippen molar-refractivity contribution >= 4 is 42.7 Å². The third-order valence-electron chi connectivity index (χ3n) is 4.83. The number of halogens is 2. The van der Waals surface area contributed by atoms with Crippen LogP contribution in [-0.2, 0) is 11.2 Å². The minimum Gasteiger partial charge on any atom is -0.347 e. The predicted octanol–water partition coefficient (Wildman–Crippen LogP) is 2.84. The molecule has 7 nitrogen and oxygen atoms in total. The summed E-state index contributed by atoms with van der Waals surface area (Å²) in [5.41, 5.74) is 5.44. The number of carbonyl (C=O) groups excluding carboxylic acids is 1. The monoisotopic (exact) mass is 439 g/mol. The largest absolute Gasteiger partial charge is 0.347 e. The average molecular weight is 440 g/mol. The maximum atomic E-state index is 11.1. The molecule has 158 valence electrons. The first-order valence-corrected chi connectivity index (χ1v) is 9.00. The van der Waals surface area contributed by atoms with Crippen molar-refractivity contribution in [1.82, 2.24) is 20.8 Å². The third kappa shape index (κ3) is 6.68. The van der Waals surface area contributed by atoms with Gasteiger partial charge in [0.25, 0.3) is 5.91 Å². The van der Waals surface area contributed by atoms with Gasteiger partial charge in [0, 0.05) is 24.4 Å². The second kappa shape index (κ2) is 11.1. The summed E-state index contributed by atoms with van der Waals surface area (Å²) in [4.78, 5) is 20.1. The lowest BCUT2D eigenvalue weighted by Crippen LogP contribution is -2.43. The van der Waals surface area contributed by atoms with Crippen LogP contribution < -0.4 is 16.1 Å².